The van der Waals surface area contributed by atoms with Gasteiger partial charge in [0.05, 0.1) is 0 Å². The van der Waals surface area contributed by atoms with Crippen LogP contribution in [0.5, 0.6) is 0 Å². The van der Waals surface area contributed by atoms with Crippen molar-refractivity contribution in [2.45, 2.75) is 4.90 Å². The normalized spacial score (nSPS) is 11.6. The lowest BCUT2D eigenvalue weighted by Crippen LogP contribution is -2.01. The standard InChI is InChI=1S/C12H10O3S/c1-2-9-7-8-10-5-3-4-6-11(10)12(9)16(13,14)15/h2-8H,1H2,(H,13,14,15). The van der Waals surface area contributed by atoms with Gasteiger partial charge in [-0.25, -0.2) is 0 Å². The fourth-order valence-corrected chi connectivity index (χ4v) is 2.62. The molecule has 0 bridgehead atoms. The van der Waals surface area contributed by atoms with Gasteiger partial charge in [-0.1, -0.05) is 49.1 Å². The quantitative estimate of drug-likeness (QED) is 0.813. The van der Waals surface area contributed by atoms with Gasteiger partial charge in [0.2, 0.25) is 0 Å². The van der Waals surface area contributed by atoms with Crippen molar-refractivity contribution in [2.24, 2.45) is 0 Å². The number of hydrogen-bond donors (Lipinski definition) is 1. The van der Waals surface area contributed by atoms with Gasteiger partial charge in [-0.05, 0) is 10.9 Å². The SMILES string of the molecule is C=Cc1ccc2ccccc2c1S(=O)(=O)O. The van der Waals surface area contributed by atoms with Gasteiger partial charge in [0.25, 0.3) is 10.1 Å². The molecule has 82 valence electrons. The van der Waals surface area contributed by atoms with Crippen molar-refractivity contribution in [1.29, 1.82) is 0 Å². The highest BCUT2D eigenvalue weighted by Crippen LogP contribution is 2.27. The average molecular weight is 234 g/mol. The van der Waals surface area contributed by atoms with Crippen molar-refractivity contribution >= 4 is 27.0 Å². The van der Waals surface area contributed by atoms with Crippen molar-refractivity contribution in [1.82, 2.24) is 0 Å². The lowest BCUT2D eigenvalue weighted by Gasteiger charge is -2.07. The van der Waals surface area contributed by atoms with E-state index in [4.69, 9.17) is 0 Å². The lowest BCUT2D eigenvalue weighted by atomic mass is 10.1. The summed E-state index contributed by atoms with van der Waals surface area (Å²) in [6.07, 6.45) is 1.41. The van der Waals surface area contributed by atoms with Crippen molar-refractivity contribution in [2.75, 3.05) is 0 Å². The molecule has 0 atom stereocenters. The summed E-state index contributed by atoms with van der Waals surface area (Å²) in [4.78, 5) is -0.0828. The highest BCUT2D eigenvalue weighted by molar-refractivity contribution is 7.86. The van der Waals surface area contributed by atoms with Crippen LogP contribution in [0.15, 0.2) is 47.9 Å². The predicted octanol–water partition coefficient (Wildman–Crippen LogP) is 2.73. The maximum atomic E-state index is 11.3. The Morgan fingerprint density at radius 2 is 1.81 bits per heavy atom. The van der Waals surface area contributed by atoms with Gasteiger partial charge in [0.15, 0.2) is 0 Å². The summed E-state index contributed by atoms with van der Waals surface area (Å²) < 4.78 is 31.9. The predicted molar refractivity (Wildman–Crippen MR) is 63.9 cm³/mol. The molecule has 0 aromatic heterocycles. The lowest BCUT2D eigenvalue weighted by molar-refractivity contribution is 0.484. The van der Waals surface area contributed by atoms with Crippen LogP contribution in [0.3, 0.4) is 0 Å². The first kappa shape index (κ1) is 10.9. The molecule has 2 rings (SSSR count). The summed E-state index contributed by atoms with van der Waals surface area (Å²) in [7, 11) is -4.24. The molecule has 0 radical (unpaired) electrons. The van der Waals surface area contributed by atoms with Crippen molar-refractivity contribution < 1.29 is 13.0 Å². The van der Waals surface area contributed by atoms with Crippen LogP contribution < -0.4 is 0 Å². The molecule has 0 fully saturated rings. The second-order valence-corrected chi connectivity index (χ2v) is 4.74. The summed E-state index contributed by atoms with van der Waals surface area (Å²) in [6, 6.07) is 10.4. The van der Waals surface area contributed by atoms with Gasteiger partial charge >= 0.3 is 0 Å². The first-order valence-electron chi connectivity index (χ1n) is 4.65. The minimum atomic E-state index is -4.24. The number of fused-ring (bicyclic) bond motifs is 1. The van der Waals surface area contributed by atoms with Crippen LogP contribution >= 0.6 is 0 Å². The Morgan fingerprint density at radius 1 is 1.12 bits per heavy atom. The molecular formula is C12H10O3S. The van der Waals surface area contributed by atoms with Crippen molar-refractivity contribution in [3.63, 3.8) is 0 Å². The summed E-state index contributed by atoms with van der Waals surface area (Å²) in [5, 5.41) is 1.27. The molecule has 16 heavy (non-hydrogen) atoms. The zero-order valence-corrected chi connectivity index (χ0v) is 9.24. The molecule has 4 heteroatoms. The number of benzene rings is 2. The molecule has 2 aromatic rings. The third kappa shape index (κ3) is 1.73. The molecule has 1 N–H and O–H groups in total. The van der Waals surface area contributed by atoms with E-state index in [2.05, 4.69) is 6.58 Å². The third-order valence-corrected chi connectivity index (χ3v) is 3.36. The topological polar surface area (TPSA) is 54.4 Å². The molecule has 0 saturated heterocycles. The van der Waals surface area contributed by atoms with Crippen LogP contribution in [0.1, 0.15) is 5.56 Å². The Balaban J connectivity index is 3.01. The fourth-order valence-electron chi connectivity index (χ4n) is 1.71. The van der Waals surface area contributed by atoms with E-state index in [-0.39, 0.29) is 4.90 Å². The van der Waals surface area contributed by atoms with E-state index < -0.39 is 10.1 Å². The molecule has 0 heterocycles. The summed E-state index contributed by atoms with van der Waals surface area (Å²) in [5.74, 6) is 0. The van der Waals surface area contributed by atoms with Gasteiger partial charge in [-0.3, -0.25) is 4.55 Å². The largest absolute Gasteiger partial charge is 0.295 e. The van der Waals surface area contributed by atoms with E-state index in [0.717, 1.165) is 5.39 Å². The number of rotatable bonds is 2. The molecule has 0 aliphatic rings. The van der Waals surface area contributed by atoms with Gasteiger partial charge in [0.1, 0.15) is 4.90 Å². The van der Waals surface area contributed by atoms with E-state index in [9.17, 15) is 13.0 Å². The monoisotopic (exact) mass is 234 g/mol. The minimum absolute atomic E-state index is 0.0828. The van der Waals surface area contributed by atoms with Crippen molar-refractivity contribution in [3.05, 3.63) is 48.5 Å². The first-order valence-corrected chi connectivity index (χ1v) is 6.10. The highest BCUT2D eigenvalue weighted by Gasteiger charge is 2.17. The molecule has 3 nitrogen and oxygen atoms in total. The zero-order valence-electron chi connectivity index (χ0n) is 8.42. The van der Waals surface area contributed by atoms with Gasteiger partial charge in [-0.15, -0.1) is 0 Å². The third-order valence-electron chi connectivity index (χ3n) is 2.39. The molecule has 0 saturated carbocycles. The van der Waals surface area contributed by atoms with Crippen LogP contribution in [-0.2, 0) is 10.1 Å². The van der Waals surface area contributed by atoms with Crippen LogP contribution in [0.4, 0.5) is 0 Å². The maximum Gasteiger partial charge on any atom is 0.295 e. The highest BCUT2D eigenvalue weighted by atomic mass is 32.2. The van der Waals surface area contributed by atoms with Crippen LogP contribution in [-0.4, -0.2) is 13.0 Å². The van der Waals surface area contributed by atoms with Gasteiger partial charge in [0, 0.05) is 5.39 Å². The van der Waals surface area contributed by atoms with Crippen LogP contribution in [0.25, 0.3) is 16.8 Å². The molecule has 0 unspecified atom stereocenters. The van der Waals surface area contributed by atoms with Gasteiger partial charge < -0.3 is 0 Å². The Morgan fingerprint density at radius 3 is 2.44 bits per heavy atom. The second-order valence-electron chi connectivity index (χ2n) is 3.38. The Hall–Kier alpha value is -1.65. The van der Waals surface area contributed by atoms with E-state index in [0.29, 0.717) is 10.9 Å². The Bertz CT molecular complexity index is 657. The van der Waals surface area contributed by atoms with Crippen molar-refractivity contribution in [3.8, 4) is 0 Å². The second kappa shape index (κ2) is 3.73. The summed E-state index contributed by atoms with van der Waals surface area (Å²) in [5.41, 5.74) is 0.404. The molecule has 0 aliphatic heterocycles. The van der Waals surface area contributed by atoms with E-state index in [1.807, 2.05) is 6.07 Å². The van der Waals surface area contributed by atoms with Gasteiger partial charge in [-0.2, -0.15) is 8.42 Å². The average Bonchev–Trinajstić information content (AvgIpc) is 2.26. The Labute approximate surface area is 93.8 Å². The summed E-state index contributed by atoms with van der Waals surface area (Å²) >= 11 is 0. The van der Waals surface area contributed by atoms with E-state index in [1.165, 1.54) is 6.08 Å². The maximum absolute atomic E-state index is 11.3. The minimum Gasteiger partial charge on any atom is -0.282 e. The number of hydrogen-bond acceptors (Lipinski definition) is 2. The smallest absolute Gasteiger partial charge is 0.282 e. The molecule has 0 amide bonds. The van der Waals surface area contributed by atoms with Crippen LogP contribution in [0.2, 0.25) is 0 Å². The molecule has 0 aliphatic carbocycles. The Kier molecular flexibility index (Phi) is 2.53. The zero-order chi connectivity index (χ0) is 11.8. The fraction of sp³-hybridized carbons (Fsp3) is 0. The first-order chi connectivity index (χ1) is 7.54. The van der Waals surface area contributed by atoms with E-state index in [1.54, 1.807) is 30.3 Å². The van der Waals surface area contributed by atoms with Crippen LogP contribution in [0, 0.1) is 0 Å². The molecular weight excluding hydrogens is 224 g/mol. The summed E-state index contributed by atoms with van der Waals surface area (Å²) in [6.45, 7) is 3.54. The van der Waals surface area contributed by atoms with E-state index >= 15 is 0 Å². The molecule has 2 aromatic carbocycles. The molecule has 0 spiro atoms.